The summed E-state index contributed by atoms with van der Waals surface area (Å²) in [6, 6.07) is 8.01. The molecule has 2 aromatic rings. The van der Waals surface area contributed by atoms with Crippen LogP contribution in [0.1, 0.15) is 30.1 Å². The molecule has 0 bridgehead atoms. The minimum Gasteiger partial charge on any atom is -0.381 e. The van der Waals surface area contributed by atoms with Crippen molar-refractivity contribution in [2.45, 2.75) is 38.8 Å². The highest BCUT2D eigenvalue weighted by molar-refractivity contribution is 6.31. The minimum atomic E-state index is 0.0811. The van der Waals surface area contributed by atoms with Gasteiger partial charge >= 0.3 is 0 Å². The molecular formula is C21H28ClN5O2. The van der Waals surface area contributed by atoms with E-state index in [2.05, 4.69) is 31.0 Å². The van der Waals surface area contributed by atoms with Crippen molar-refractivity contribution in [2.24, 2.45) is 5.92 Å². The molecule has 0 spiro atoms. The molecule has 0 unspecified atom stereocenters. The normalized spacial score (nSPS) is 18.2. The zero-order valence-electron chi connectivity index (χ0n) is 16.6. The summed E-state index contributed by atoms with van der Waals surface area (Å²) in [6.45, 7) is 5.52. The summed E-state index contributed by atoms with van der Waals surface area (Å²) < 4.78 is 7.54. The summed E-state index contributed by atoms with van der Waals surface area (Å²) >= 11 is 6.32. The van der Waals surface area contributed by atoms with Crippen LogP contribution < -0.4 is 5.32 Å². The molecule has 1 aromatic heterocycles. The van der Waals surface area contributed by atoms with Crippen LogP contribution in [0.2, 0.25) is 5.02 Å². The van der Waals surface area contributed by atoms with E-state index in [1.54, 1.807) is 0 Å². The highest BCUT2D eigenvalue weighted by Gasteiger charge is 2.22. The highest BCUT2D eigenvalue weighted by atomic mass is 35.5. The number of amides is 1. The zero-order chi connectivity index (χ0) is 20.1. The number of carbonyl (C=O) groups is 1. The van der Waals surface area contributed by atoms with Gasteiger partial charge in [-0.25, -0.2) is 0 Å². The van der Waals surface area contributed by atoms with Gasteiger partial charge in [0.15, 0.2) is 0 Å². The molecule has 7 nitrogen and oxygen atoms in total. The van der Waals surface area contributed by atoms with Gasteiger partial charge in [-0.3, -0.25) is 9.69 Å². The third-order valence-electron chi connectivity index (χ3n) is 5.79. The smallest absolute Gasteiger partial charge is 0.223 e. The molecule has 4 rings (SSSR count). The third kappa shape index (κ3) is 5.15. The van der Waals surface area contributed by atoms with Gasteiger partial charge in [-0.2, -0.15) is 0 Å². The number of nitrogens with zero attached hydrogens (tertiary/aromatic N) is 4. The molecule has 1 saturated heterocycles. The van der Waals surface area contributed by atoms with Crippen molar-refractivity contribution in [3.63, 3.8) is 0 Å². The summed E-state index contributed by atoms with van der Waals surface area (Å²) in [5.41, 5.74) is 1.16. The molecule has 1 aromatic carbocycles. The SMILES string of the molecule is O=C(NCCc1nnc2n1CCN(Cc1ccccc1Cl)CC2)C1CCOCC1. The van der Waals surface area contributed by atoms with Gasteiger partial charge < -0.3 is 14.6 Å². The number of hydrogen-bond donors (Lipinski definition) is 1. The molecule has 1 fully saturated rings. The van der Waals surface area contributed by atoms with E-state index in [-0.39, 0.29) is 11.8 Å². The van der Waals surface area contributed by atoms with Crippen LogP contribution in [0, 0.1) is 5.92 Å². The summed E-state index contributed by atoms with van der Waals surface area (Å²) in [4.78, 5) is 14.7. The van der Waals surface area contributed by atoms with Crippen molar-refractivity contribution in [2.75, 3.05) is 32.8 Å². The van der Waals surface area contributed by atoms with Crippen LogP contribution in [0.5, 0.6) is 0 Å². The molecule has 2 aliphatic rings. The summed E-state index contributed by atoms with van der Waals surface area (Å²) in [5.74, 6) is 2.19. The van der Waals surface area contributed by atoms with Crippen LogP contribution in [0.3, 0.4) is 0 Å². The average Bonchev–Trinajstić information content (AvgIpc) is 3.02. The van der Waals surface area contributed by atoms with Gasteiger partial charge in [0, 0.05) is 69.7 Å². The van der Waals surface area contributed by atoms with Gasteiger partial charge in [-0.15, -0.1) is 10.2 Å². The highest BCUT2D eigenvalue weighted by Crippen LogP contribution is 2.19. The third-order valence-corrected chi connectivity index (χ3v) is 6.16. The summed E-state index contributed by atoms with van der Waals surface area (Å²) in [5, 5.41) is 12.6. The Labute approximate surface area is 176 Å². The minimum absolute atomic E-state index is 0.0811. The molecule has 29 heavy (non-hydrogen) atoms. The van der Waals surface area contributed by atoms with E-state index in [1.165, 1.54) is 0 Å². The first-order chi connectivity index (χ1) is 14.2. The second-order valence-electron chi connectivity index (χ2n) is 7.73. The van der Waals surface area contributed by atoms with Crippen molar-refractivity contribution in [3.05, 3.63) is 46.5 Å². The van der Waals surface area contributed by atoms with E-state index in [0.717, 1.165) is 67.7 Å². The maximum atomic E-state index is 12.3. The fourth-order valence-corrected chi connectivity index (χ4v) is 4.23. The standard InChI is InChI=1S/C21H28ClN5O2/c22-18-4-2-1-3-17(18)15-26-10-6-20-25-24-19(27(20)12-11-26)5-9-23-21(28)16-7-13-29-14-8-16/h1-4,16H,5-15H2,(H,23,28). The Balaban J connectivity index is 1.29. The van der Waals surface area contributed by atoms with Crippen LogP contribution in [0.15, 0.2) is 24.3 Å². The van der Waals surface area contributed by atoms with E-state index in [1.807, 2.05) is 18.2 Å². The Morgan fingerprint density at radius 3 is 2.83 bits per heavy atom. The number of ether oxygens (including phenoxy) is 1. The quantitative estimate of drug-likeness (QED) is 0.779. The lowest BCUT2D eigenvalue weighted by atomic mass is 9.99. The van der Waals surface area contributed by atoms with Gasteiger partial charge in [0.2, 0.25) is 5.91 Å². The largest absolute Gasteiger partial charge is 0.381 e. The Kier molecular flexibility index (Phi) is 6.79. The summed E-state index contributed by atoms with van der Waals surface area (Å²) in [6.07, 6.45) is 3.19. The molecule has 0 saturated carbocycles. The molecule has 3 heterocycles. The number of benzene rings is 1. The van der Waals surface area contributed by atoms with Gasteiger partial charge in [0.05, 0.1) is 0 Å². The van der Waals surface area contributed by atoms with Gasteiger partial charge in [0.25, 0.3) is 0 Å². The molecule has 8 heteroatoms. The fraction of sp³-hybridized carbons (Fsp3) is 0.571. The number of fused-ring (bicyclic) bond motifs is 1. The summed E-state index contributed by atoms with van der Waals surface area (Å²) in [7, 11) is 0. The van der Waals surface area contributed by atoms with Crippen LogP contribution in [-0.2, 0) is 35.5 Å². The molecule has 2 aliphatic heterocycles. The van der Waals surface area contributed by atoms with Crippen molar-refractivity contribution in [1.82, 2.24) is 25.0 Å². The van der Waals surface area contributed by atoms with Gasteiger partial charge in [-0.1, -0.05) is 29.8 Å². The first-order valence-corrected chi connectivity index (χ1v) is 10.8. The first-order valence-electron chi connectivity index (χ1n) is 10.4. The average molecular weight is 418 g/mol. The Hall–Kier alpha value is -1.96. The van der Waals surface area contributed by atoms with E-state index < -0.39 is 0 Å². The second-order valence-corrected chi connectivity index (χ2v) is 8.14. The van der Waals surface area contributed by atoms with Crippen molar-refractivity contribution in [1.29, 1.82) is 0 Å². The Morgan fingerprint density at radius 1 is 1.17 bits per heavy atom. The van der Waals surface area contributed by atoms with Crippen LogP contribution in [-0.4, -0.2) is 58.4 Å². The monoisotopic (exact) mass is 417 g/mol. The van der Waals surface area contributed by atoms with E-state index in [9.17, 15) is 4.79 Å². The molecule has 0 radical (unpaired) electrons. The maximum absolute atomic E-state index is 12.3. The number of carbonyl (C=O) groups excluding carboxylic acids is 1. The number of aromatic nitrogens is 3. The molecule has 1 amide bonds. The van der Waals surface area contributed by atoms with Crippen LogP contribution in [0.4, 0.5) is 0 Å². The second kappa shape index (κ2) is 9.69. The lowest BCUT2D eigenvalue weighted by molar-refractivity contribution is -0.127. The molecular weight excluding hydrogens is 390 g/mol. The lowest BCUT2D eigenvalue weighted by Gasteiger charge is -2.21. The van der Waals surface area contributed by atoms with E-state index in [0.29, 0.717) is 26.2 Å². The molecule has 0 aliphatic carbocycles. The first kappa shape index (κ1) is 20.3. The van der Waals surface area contributed by atoms with Gasteiger partial charge in [-0.05, 0) is 24.5 Å². The predicted octanol–water partition coefficient (Wildman–Crippen LogP) is 2.08. The predicted molar refractivity (Wildman–Crippen MR) is 111 cm³/mol. The Bertz CT molecular complexity index is 834. The van der Waals surface area contributed by atoms with E-state index >= 15 is 0 Å². The zero-order valence-corrected chi connectivity index (χ0v) is 17.4. The fourth-order valence-electron chi connectivity index (χ4n) is 4.04. The van der Waals surface area contributed by atoms with E-state index in [4.69, 9.17) is 16.3 Å². The lowest BCUT2D eigenvalue weighted by Crippen LogP contribution is -2.35. The van der Waals surface area contributed by atoms with Crippen molar-refractivity contribution >= 4 is 17.5 Å². The molecule has 1 N–H and O–H groups in total. The molecule has 0 atom stereocenters. The van der Waals surface area contributed by atoms with Crippen molar-refractivity contribution in [3.8, 4) is 0 Å². The van der Waals surface area contributed by atoms with Crippen LogP contribution >= 0.6 is 11.6 Å². The maximum Gasteiger partial charge on any atom is 0.223 e. The number of rotatable bonds is 6. The van der Waals surface area contributed by atoms with Crippen molar-refractivity contribution < 1.29 is 9.53 Å². The molecule has 156 valence electrons. The topological polar surface area (TPSA) is 72.3 Å². The van der Waals surface area contributed by atoms with Crippen LogP contribution in [0.25, 0.3) is 0 Å². The number of hydrogen-bond acceptors (Lipinski definition) is 5. The number of nitrogens with one attached hydrogen (secondary N) is 1. The van der Waals surface area contributed by atoms with Gasteiger partial charge in [0.1, 0.15) is 11.6 Å². The Morgan fingerprint density at radius 2 is 2.00 bits per heavy atom. The number of halogens is 1.